The smallest absolute Gasteiger partial charge is 0.332 e. The molecule has 0 atom stereocenters. The van der Waals surface area contributed by atoms with Gasteiger partial charge in [-0.2, -0.15) is 5.48 Å². The molecule has 0 aliphatic carbocycles. The molecule has 1 aromatic rings. The second kappa shape index (κ2) is 8.04. The fraction of sp³-hybridized carbons (Fsp3) is 0.429. The Hall–Kier alpha value is -2.24. The predicted octanol–water partition coefficient (Wildman–Crippen LogP) is 1.69. The molecule has 6 heteroatoms. The molecular weight excluding hydrogens is 262 g/mol. The summed E-state index contributed by atoms with van der Waals surface area (Å²) in [5.74, 6) is 0.393. The maximum atomic E-state index is 11.4. The molecule has 1 aromatic carbocycles. The predicted molar refractivity (Wildman–Crippen MR) is 72.2 cm³/mol. The van der Waals surface area contributed by atoms with Crippen molar-refractivity contribution in [3.63, 3.8) is 0 Å². The molecule has 0 bridgehead atoms. The summed E-state index contributed by atoms with van der Waals surface area (Å²) in [6, 6.07) is 6.79. The van der Waals surface area contributed by atoms with E-state index in [2.05, 4.69) is 4.84 Å². The molecule has 0 spiro atoms. The van der Waals surface area contributed by atoms with Crippen molar-refractivity contribution in [2.24, 2.45) is 5.92 Å². The molecule has 0 radical (unpaired) electrons. The zero-order valence-corrected chi connectivity index (χ0v) is 11.8. The zero-order chi connectivity index (χ0) is 15.0. The third kappa shape index (κ3) is 6.08. The van der Waals surface area contributed by atoms with E-state index >= 15 is 0 Å². The molecule has 1 amide bonds. The molecule has 0 fully saturated rings. The van der Waals surface area contributed by atoms with E-state index in [0.717, 1.165) is 0 Å². The van der Waals surface area contributed by atoms with Crippen LogP contribution in [0.1, 0.15) is 20.3 Å². The molecule has 110 valence electrons. The van der Waals surface area contributed by atoms with Gasteiger partial charge in [0.25, 0.3) is 5.91 Å². The van der Waals surface area contributed by atoms with Crippen molar-refractivity contribution in [3.05, 3.63) is 24.3 Å². The number of carbonyl (C=O) groups excluding carboxylic acids is 2. The van der Waals surface area contributed by atoms with Gasteiger partial charge in [-0.3, -0.25) is 4.79 Å². The first-order valence-corrected chi connectivity index (χ1v) is 6.26. The van der Waals surface area contributed by atoms with Gasteiger partial charge in [0.15, 0.2) is 6.61 Å². The van der Waals surface area contributed by atoms with Crippen molar-refractivity contribution < 1.29 is 23.9 Å². The lowest BCUT2D eigenvalue weighted by molar-refractivity contribution is -0.159. The number of amides is 1. The summed E-state index contributed by atoms with van der Waals surface area (Å²) >= 11 is 0. The summed E-state index contributed by atoms with van der Waals surface area (Å²) in [6.45, 7) is 3.53. The first kappa shape index (κ1) is 15.8. The molecule has 0 aromatic heterocycles. The molecule has 0 aliphatic rings. The van der Waals surface area contributed by atoms with Crippen LogP contribution < -0.4 is 15.0 Å². The van der Waals surface area contributed by atoms with Gasteiger partial charge in [0.1, 0.15) is 11.5 Å². The Morgan fingerprint density at radius 1 is 1.15 bits per heavy atom. The number of hydrogen-bond acceptors (Lipinski definition) is 5. The minimum atomic E-state index is -0.530. The second-order valence-corrected chi connectivity index (χ2v) is 4.56. The zero-order valence-electron chi connectivity index (χ0n) is 11.8. The summed E-state index contributed by atoms with van der Waals surface area (Å²) in [4.78, 5) is 27.2. The van der Waals surface area contributed by atoms with Crippen LogP contribution in [0.2, 0.25) is 0 Å². The third-order valence-electron chi connectivity index (χ3n) is 2.28. The van der Waals surface area contributed by atoms with Crippen molar-refractivity contribution in [2.75, 3.05) is 13.7 Å². The topological polar surface area (TPSA) is 73.9 Å². The Balaban J connectivity index is 2.27. The van der Waals surface area contributed by atoms with Gasteiger partial charge in [-0.25, -0.2) is 4.79 Å². The molecule has 0 heterocycles. The number of rotatable bonds is 6. The van der Waals surface area contributed by atoms with Gasteiger partial charge in [-0.15, -0.1) is 0 Å². The van der Waals surface area contributed by atoms with Crippen LogP contribution in [0.3, 0.4) is 0 Å². The van der Waals surface area contributed by atoms with E-state index in [1.54, 1.807) is 31.4 Å². The van der Waals surface area contributed by atoms with E-state index in [1.165, 1.54) is 0 Å². The molecular formula is C14H19NO5. The average Bonchev–Trinajstić information content (AvgIpc) is 2.42. The van der Waals surface area contributed by atoms with E-state index in [1.807, 2.05) is 19.3 Å². The Labute approximate surface area is 118 Å². The molecule has 0 saturated carbocycles. The summed E-state index contributed by atoms with van der Waals surface area (Å²) in [5, 5.41) is 0. The van der Waals surface area contributed by atoms with Crippen LogP contribution >= 0.6 is 0 Å². The van der Waals surface area contributed by atoms with Crippen LogP contribution in [-0.4, -0.2) is 25.6 Å². The highest BCUT2D eigenvalue weighted by molar-refractivity contribution is 5.79. The van der Waals surface area contributed by atoms with Crippen LogP contribution in [0.4, 0.5) is 0 Å². The summed E-state index contributed by atoms with van der Waals surface area (Å²) in [5.41, 5.74) is 2.04. The number of carbonyl (C=O) groups is 2. The lowest BCUT2D eigenvalue weighted by Crippen LogP contribution is -2.31. The molecule has 0 unspecified atom stereocenters. The Morgan fingerprint density at radius 2 is 1.75 bits per heavy atom. The Bertz CT molecular complexity index is 441. The minimum absolute atomic E-state index is 0.176. The number of methoxy groups -OCH3 is 1. The Morgan fingerprint density at radius 3 is 2.30 bits per heavy atom. The quantitative estimate of drug-likeness (QED) is 0.803. The second-order valence-electron chi connectivity index (χ2n) is 4.56. The van der Waals surface area contributed by atoms with Gasteiger partial charge in [0, 0.05) is 0 Å². The van der Waals surface area contributed by atoms with E-state index in [0.29, 0.717) is 11.5 Å². The monoisotopic (exact) mass is 281 g/mol. The maximum absolute atomic E-state index is 11.4. The average molecular weight is 281 g/mol. The van der Waals surface area contributed by atoms with Crippen molar-refractivity contribution in [1.82, 2.24) is 5.48 Å². The fourth-order valence-corrected chi connectivity index (χ4v) is 1.34. The normalized spacial score (nSPS) is 10.0. The summed E-state index contributed by atoms with van der Waals surface area (Å²) < 4.78 is 10.2. The van der Waals surface area contributed by atoms with Crippen molar-refractivity contribution in [1.29, 1.82) is 0 Å². The molecule has 0 saturated heterocycles. The van der Waals surface area contributed by atoms with E-state index < -0.39 is 11.9 Å². The molecule has 1 rings (SSSR count). The molecule has 0 aliphatic heterocycles. The molecule has 1 N–H and O–H groups in total. The van der Waals surface area contributed by atoms with Crippen LogP contribution in [0.25, 0.3) is 0 Å². The van der Waals surface area contributed by atoms with E-state index in [-0.39, 0.29) is 18.9 Å². The minimum Gasteiger partial charge on any atom is -0.497 e. The van der Waals surface area contributed by atoms with Gasteiger partial charge < -0.3 is 14.3 Å². The number of benzene rings is 1. The number of hydrogen-bond donors (Lipinski definition) is 1. The lowest BCUT2D eigenvalue weighted by Gasteiger charge is -2.08. The van der Waals surface area contributed by atoms with Crippen molar-refractivity contribution >= 4 is 11.9 Å². The standard InChI is InChI=1S/C14H19NO5/c1-10(2)8-14(17)20-15-13(16)9-19-12-6-4-11(18-3)5-7-12/h4-7,10H,8-9H2,1-3H3,(H,15,16). The summed E-state index contributed by atoms with van der Waals surface area (Å²) in [7, 11) is 1.56. The number of nitrogens with one attached hydrogen (secondary N) is 1. The van der Waals surface area contributed by atoms with Crippen LogP contribution in [0.15, 0.2) is 24.3 Å². The number of ether oxygens (including phenoxy) is 2. The fourth-order valence-electron chi connectivity index (χ4n) is 1.34. The van der Waals surface area contributed by atoms with E-state index in [4.69, 9.17) is 9.47 Å². The largest absolute Gasteiger partial charge is 0.497 e. The first-order chi connectivity index (χ1) is 9.51. The van der Waals surface area contributed by atoms with Crippen LogP contribution in [0.5, 0.6) is 11.5 Å². The van der Waals surface area contributed by atoms with Crippen LogP contribution in [0, 0.1) is 5.92 Å². The summed E-state index contributed by atoms with van der Waals surface area (Å²) in [6.07, 6.45) is 0.250. The van der Waals surface area contributed by atoms with Crippen molar-refractivity contribution in [2.45, 2.75) is 20.3 Å². The van der Waals surface area contributed by atoms with E-state index in [9.17, 15) is 9.59 Å². The highest BCUT2D eigenvalue weighted by Crippen LogP contribution is 2.16. The van der Waals surface area contributed by atoms with Gasteiger partial charge in [0.05, 0.1) is 13.5 Å². The highest BCUT2D eigenvalue weighted by atomic mass is 16.7. The van der Waals surface area contributed by atoms with Crippen molar-refractivity contribution in [3.8, 4) is 11.5 Å². The van der Waals surface area contributed by atoms with Gasteiger partial charge in [0.2, 0.25) is 0 Å². The Kier molecular flexibility index (Phi) is 6.36. The van der Waals surface area contributed by atoms with Crippen LogP contribution in [-0.2, 0) is 14.4 Å². The van der Waals surface area contributed by atoms with Gasteiger partial charge in [-0.1, -0.05) is 13.8 Å². The van der Waals surface area contributed by atoms with Gasteiger partial charge >= 0.3 is 5.97 Å². The maximum Gasteiger partial charge on any atom is 0.332 e. The SMILES string of the molecule is COc1ccc(OCC(=O)NOC(=O)CC(C)C)cc1. The molecule has 6 nitrogen and oxygen atoms in total. The lowest BCUT2D eigenvalue weighted by atomic mass is 10.1. The molecule has 20 heavy (non-hydrogen) atoms. The third-order valence-corrected chi connectivity index (χ3v) is 2.28. The van der Waals surface area contributed by atoms with Gasteiger partial charge in [-0.05, 0) is 30.2 Å². The highest BCUT2D eigenvalue weighted by Gasteiger charge is 2.09. The number of hydroxylamine groups is 1. The first-order valence-electron chi connectivity index (χ1n) is 6.26.